The minimum atomic E-state index is -3.56. The lowest BCUT2D eigenvalue weighted by molar-refractivity contribution is 0.614. The number of hydrogen-bond donors (Lipinski definition) is 0. The molecule has 1 heterocycles. The summed E-state index contributed by atoms with van der Waals surface area (Å²) in [5, 5.41) is 6.73. The van der Waals surface area contributed by atoms with Gasteiger partial charge in [0, 0.05) is 10.7 Å². The smallest absolute Gasteiger partial charge is 0.207 e. The third-order valence-corrected chi connectivity index (χ3v) is 2.28. The molecule has 0 aromatic carbocycles. The molecule has 1 aliphatic rings. The van der Waals surface area contributed by atoms with Crippen molar-refractivity contribution in [3.63, 3.8) is 0 Å². The second-order valence-electron chi connectivity index (χ2n) is 1.45. The lowest BCUT2D eigenvalue weighted by Gasteiger charge is -1.87. The van der Waals surface area contributed by atoms with Crippen molar-refractivity contribution in [1.29, 1.82) is 0 Å². The Hall–Kier alpha value is -0.420. The first-order chi connectivity index (χ1) is 4.11. The second kappa shape index (κ2) is 2.07. The van der Waals surface area contributed by atoms with Gasteiger partial charge < -0.3 is 0 Å². The average Bonchev–Trinajstić information content (AvgIpc) is 2.08. The van der Waals surface area contributed by atoms with Gasteiger partial charge in [-0.15, -0.1) is 0 Å². The van der Waals surface area contributed by atoms with Gasteiger partial charge in [0.25, 0.3) is 9.05 Å². The number of nitrogens with zero attached hydrogens (tertiary/aromatic N) is 2. The largest absolute Gasteiger partial charge is 0.260 e. The van der Waals surface area contributed by atoms with E-state index in [2.05, 4.69) is 10.2 Å². The lowest BCUT2D eigenvalue weighted by Crippen LogP contribution is -1.94. The molecule has 50 valence electrons. The molecule has 0 unspecified atom stereocenters. The van der Waals surface area contributed by atoms with Gasteiger partial charge in [0.2, 0.25) is 0 Å². The number of halogens is 1. The van der Waals surface area contributed by atoms with Crippen LogP contribution < -0.4 is 0 Å². The molecule has 0 saturated carbocycles. The summed E-state index contributed by atoms with van der Waals surface area (Å²) in [6.45, 7) is 0.0752. The third kappa shape index (κ3) is 1.49. The van der Waals surface area contributed by atoms with Crippen molar-refractivity contribution >= 4 is 19.7 Å². The van der Waals surface area contributed by atoms with Crippen molar-refractivity contribution in [1.82, 2.24) is 0 Å². The van der Waals surface area contributed by atoms with Crippen LogP contribution in [0.5, 0.6) is 0 Å². The zero-order valence-electron chi connectivity index (χ0n) is 4.28. The van der Waals surface area contributed by atoms with Gasteiger partial charge in [0.1, 0.15) is 4.91 Å². The minimum Gasteiger partial charge on any atom is -0.207 e. The van der Waals surface area contributed by atoms with Crippen molar-refractivity contribution in [2.24, 2.45) is 10.2 Å². The molecule has 6 heteroatoms. The molecule has 0 amide bonds. The number of azo groups is 1. The van der Waals surface area contributed by atoms with Gasteiger partial charge in [-0.1, -0.05) is 0 Å². The lowest BCUT2D eigenvalue weighted by atomic mass is 10.6. The molecule has 0 radical (unpaired) electrons. The fraction of sp³-hybridized carbons (Fsp3) is 0.333. The van der Waals surface area contributed by atoms with Crippen LogP contribution in [0.3, 0.4) is 0 Å². The SMILES string of the molecule is O=S(=O)(Cl)C1=CN=NC1. The first kappa shape index (κ1) is 6.70. The van der Waals surface area contributed by atoms with Gasteiger partial charge in [-0.2, -0.15) is 10.2 Å². The molecule has 0 bridgehead atoms. The Morgan fingerprint density at radius 3 is 2.56 bits per heavy atom. The van der Waals surface area contributed by atoms with Gasteiger partial charge in [-0.05, 0) is 0 Å². The zero-order chi connectivity index (χ0) is 6.91. The average molecular weight is 167 g/mol. The summed E-state index contributed by atoms with van der Waals surface area (Å²) in [5.74, 6) is 0. The van der Waals surface area contributed by atoms with Crippen LogP contribution in [-0.2, 0) is 9.05 Å². The first-order valence-electron chi connectivity index (χ1n) is 2.11. The van der Waals surface area contributed by atoms with Gasteiger partial charge in [-0.25, -0.2) is 8.42 Å². The third-order valence-electron chi connectivity index (χ3n) is 0.823. The van der Waals surface area contributed by atoms with Crippen LogP contribution in [0.2, 0.25) is 0 Å². The van der Waals surface area contributed by atoms with E-state index in [1.165, 1.54) is 0 Å². The van der Waals surface area contributed by atoms with Crippen LogP contribution in [0, 0.1) is 0 Å². The molecule has 4 nitrogen and oxygen atoms in total. The van der Waals surface area contributed by atoms with Crippen molar-refractivity contribution in [3.05, 3.63) is 11.1 Å². The predicted molar refractivity (Wildman–Crippen MR) is 32.6 cm³/mol. The summed E-state index contributed by atoms with van der Waals surface area (Å²) in [7, 11) is 1.37. The van der Waals surface area contributed by atoms with Gasteiger partial charge in [0.05, 0.1) is 12.7 Å². The fourth-order valence-corrected chi connectivity index (χ4v) is 1.05. The molecular formula is C3H3ClN2O2S. The summed E-state index contributed by atoms with van der Waals surface area (Å²) in [4.78, 5) is 0.0594. The standard InChI is InChI=1S/C3H3ClN2O2S/c4-9(7,8)3-1-5-6-2-3/h1H,2H2. The van der Waals surface area contributed by atoms with Gasteiger partial charge in [0.15, 0.2) is 0 Å². The molecule has 0 N–H and O–H groups in total. The summed E-state index contributed by atoms with van der Waals surface area (Å²) in [6.07, 6.45) is 1.14. The molecule has 1 aliphatic heterocycles. The zero-order valence-corrected chi connectivity index (χ0v) is 5.85. The molecule has 0 aromatic rings. The van der Waals surface area contributed by atoms with E-state index in [4.69, 9.17) is 10.7 Å². The molecule has 0 aromatic heterocycles. The molecule has 0 atom stereocenters. The van der Waals surface area contributed by atoms with E-state index < -0.39 is 9.05 Å². The van der Waals surface area contributed by atoms with Gasteiger partial charge >= 0.3 is 0 Å². The second-order valence-corrected chi connectivity index (χ2v) is 4.07. The van der Waals surface area contributed by atoms with E-state index in [0.717, 1.165) is 6.20 Å². The quantitative estimate of drug-likeness (QED) is 0.543. The van der Waals surface area contributed by atoms with Crippen molar-refractivity contribution in [3.8, 4) is 0 Å². The number of rotatable bonds is 1. The summed E-state index contributed by atoms with van der Waals surface area (Å²) in [6, 6.07) is 0. The maximum absolute atomic E-state index is 10.4. The summed E-state index contributed by atoms with van der Waals surface area (Å²) in [5.41, 5.74) is 0. The molecular weight excluding hydrogens is 164 g/mol. The highest BCUT2D eigenvalue weighted by molar-refractivity contribution is 8.16. The minimum absolute atomic E-state index is 0.0594. The Labute approximate surface area is 56.7 Å². The van der Waals surface area contributed by atoms with Crippen LogP contribution in [-0.4, -0.2) is 15.0 Å². The van der Waals surface area contributed by atoms with E-state index in [0.29, 0.717) is 0 Å². The van der Waals surface area contributed by atoms with E-state index in [9.17, 15) is 8.42 Å². The molecule has 0 aliphatic carbocycles. The van der Waals surface area contributed by atoms with Crippen molar-refractivity contribution in [2.75, 3.05) is 6.54 Å². The van der Waals surface area contributed by atoms with E-state index in [-0.39, 0.29) is 11.4 Å². The topological polar surface area (TPSA) is 58.9 Å². The Balaban J connectivity index is 2.92. The monoisotopic (exact) mass is 166 g/mol. The van der Waals surface area contributed by atoms with Gasteiger partial charge in [-0.3, -0.25) is 0 Å². The van der Waals surface area contributed by atoms with Crippen molar-refractivity contribution in [2.45, 2.75) is 0 Å². The summed E-state index contributed by atoms with van der Waals surface area (Å²) < 4.78 is 20.8. The summed E-state index contributed by atoms with van der Waals surface area (Å²) >= 11 is 0. The highest BCUT2D eigenvalue weighted by Crippen LogP contribution is 2.15. The Morgan fingerprint density at radius 1 is 1.67 bits per heavy atom. The Kier molecular flexibility index (Phi) is 1.54. The molecule has 1 rings (SSSR count). The Morgan fingerprint density at radius 2 is 2.33 bits per heavy atom. The highest BCUT2D eigenvalue weighted by atomic mass is 35.7. The highest BCUT2D eigenvalue weighted by Gasteiger charge is 2.15. The molecule has 9 heavy (non-hydrogen) atoms. The van der Waals surface area contributed by atoms with Crippen LogP contribution in [0.4, 0.5) is 0 Å². The van der Waals surface area contributed by atoms with E-state index in [1.54, 1.807) is 0 Å². The molecule has 0 spiro atoms. The van der Waals surface area contributed by atoms with Crippen LogP contribution in [0.15, 0.2) is 21.3 Å². The van der Waals surface area contributed by atoms with E-state index >= 15 is 0 Å². The fourth-order valence-electron chi connectivity index (χ4n) is 0.397. The van der Waals surface area contributed by atoms with Crippen LogP contribution in [0.25, 0.3) is 0 Å². The number of hydrogen-bond acceptors (Lipinski definition) is 4. The maximum atomic E-state index is 10.4. The van der Waals surface area contributed by atoms with Crippen LogP contribution >= 0.6 is 10.7 Å². The molecule has 0 saturated heterocycles. The van der Waals surface area contributed by atoms with Crippen molar-refractivity contribution < 1.29 is 8.42 Å². The maximum Gasteiger partial charge on any atom is 0.260 e. The first-order valence-corrected chi connectivity index (χ1v) is 4.42. The van der Waals surface area contributed by atoms with E-state index in [1.807, 2.05) is 0 Å². The molecule has 0 fully saturated rings. The normalized spacial score (nSPS) is 18.1. The van der Waals surface area contributed by atoms with Crippen LogP contribution in [0.1, 0.15) is 0 Å². The predicted octanol–water partition coefficient (Wildman–Crippen LogP) is 0.862. The Bertz CT molecular complexity index is 266.